The minimum absolute atomic E-state index is 0.601. The summed E-state index contributed by atoms with van der Waals surface area (Å²) in [6.07, 6.45) is 0. The van der Waals surface area contributed by atoms with Crippen molar-refractivity contribution in [2.75, 3.05) is 12.8 Å². The number of anilines is 1. The van der Waals surface area contributed by atoms with Crippen LogP contribution in [0.4, 0.5) is 5.69 Å². The van der Waals surface area contributed by atoms with E-state index in [0.29, 0.717) is 10.7 Å². The molecule has 0 amide bonds. The van der Waals surface area contributed by atoms with Crippen molar-refractivity contribution >= 4 is 28.9 Å². The van der Waals surface area contributed by atoms with Gasteiger partial charge >= 0.3 is 0 Å². The Balaban J connectivity index is 2.03. The second-order valence-electron chi connectivity index (χ2n) is 4.62. The molecule has 0 radical (unpaired) electrons. The second-order valence-corrected chi connectivity index (χ2v) is 5.43. The molecule has 2 N–H and O–H groups in total. The molecule has 0 saturated heterocycles. The molecule has 0 atom stereocenters. The molecule has 0 heterocycles. The molecular formula is C15H16Cl2N2. The highest BCUT2D eigenvalue weighted by Crippen LogP contribution is 2.21. The lowest BCUT2D eigenvalue weighted by Crippen LogP contribution is -2.17. The smallest absolute Gasteiger partial charge is 0.0638 e. The van der Waals surface area contributed by atoms with Gasteiger partial charge < -0.3 is 5.73 Å². The molecule has 2 nitrogen and oxygen atoms in total. The van der Waals surface area contributed by atoms with Gasteiger partial charge in [-0.15, -0.1) is 0 Å². The number of rotatable bonds is 4. The van der Waals surface area contributed by atoms with E-state index in [1.165, 1.54) is 0 Å². The van der Waals surface area contributed by atoms with Gasteiger partial charge in [0.2, 0.25) is 0 Å². The topological polar surface area (TPSA) is 29.3 Å². The SMILES string of the molecule is CN(Cc1ccc(N)c(Cl)c1)Cc1ccccc1Cl. The minimum Gasteiger partial charge on any atom is -0.398 e. The molecule has 0 aliphatic carbocycles. The van der Waals surface area contributed by atoms with Crippen LogP contribution in [0, 0.1) is 0 Å². The first-order valence-electron chi connectivity index (χ1n) is 6.02. The molecule has 19 heavy (non-hydrogen) atoms. The van der Waals surface area contributed by atoms with Gasteiger partial charge in [0, 0.05) is 18.1 Å². The van der Waals surface area contributed by atoms with Gasteiger partial charge in [0.15, 0.2) is 0 Å². The fourth-order valence-electron chi connectivity index (χ4n) is 1.95. The van der Waals surface area contributed by atoms with E-state index in [1.807, 2.05) is 49.5 Å². The van der Waals surface area contributed by atoms with Crippen molar-refractivity contribution in [2.24, 2.45) is 0 Å². The van der Waals surface area contributed by atoms with Gasteiger partial charge in [-0.05, 0) is 36.4 Å². The maximum absolute atomic E-state index is 6.15. The third kappa shape index (κ3) is 3.87. The lowest BCUT2D eigenvalue weighted by atomic mass is 10.1. The Morgan fingerprint density at radius 1 is 1.00 bits per heavy atom. The molecule has 0 unspecified atom stereocenters. The van der Waals surface area contributed by atoms with Crippen molar-refractivity contribution in [1.29, 1.82) is 0 Å². The molecule has 100 valence electrons. The molecule has 4 heteroatoms. The first-order chi connectivity index (χ1) is 9.06. The molecule has 0 aromatic heterocycles. The highest BCUT2D eigenvalue weighted by atomic mass is 35.5. The summed E-state index contributed by atoms with van der Waals surface area (Å²) in [7, 11) is 2.05. The predicted octanol–water partition coefficient (Wildman–Crippen LogP) is 4.21. The Morgan fingerprint density at radius 3 is 2.42 bits per heavy atom. The number of nitrogens with zero attached hydrogens (tertiary/aromatic N) is 1. The van der Waals surface area contributed by atoms with Crippen LogP contribution >= 0.6 is 23.2 Å². The molecule has 0 bridgehead atoms. The average molecular weight is 295 g/mol. The van der Waals surface area contributed by atoms with Gasteiger partial charge in [-0.2, -0.15) is 0 Å². The lowest BCUT2D eigenvalue weighted by molar-refractivity contribution is 0.319. The van der Waals surface area contributed by atoms with Crippen molar-refractivity contribution in [2.45, 2.75) is 13.1 Å². The van der Waals surface area contributed by atoms with Gasteiger partial charge in [-0.3, -0.25) is 4.90 Å². The number of hydrogen-bond donors (Lipinski definition) is 1. The van der Waals surface area contributed by atoms with Crippen LogP contribution in [0.15, 0.2) is 42.5 Å². The van der Waals surface area contributed by atoms with Crippen molar-refractivity contribution in [3.63, 3.8) is 0 Å². The Morgan fingerprint density at radius 2 is 1.74 bits per heavy atom. The third-order valence-electron chi connectivity index (χ3n) is 2.92. The maximum atomic E-state index is 6.15. The first kappa shape index (κ1) is 14.2. The van der Waals surface area contributed by atoms with Gasteiger partial charge in [-0.25, -0.2) is 0 Å². The maximum Gasteiger partial charge on any atom is 0.0638 e. The summed E-state index contributed by atoms with van der Waals surface area (Å²) in [5.41, 5.74) is 8.56. The minimum atomic E-state index is 0.601. The van der Waals surface area contributed by atoms with Crippen molar-refractivity contribution < 1.29 is 0 Å². The van der Waals surface area contributed by atoms with Crippen molar-refractivity contribution in [3.05, 3.63) is 63.6 Å². The number of nitrogen functional groups attached to an aromatic ring is 1. The van der Waals surface area contributed by atoms with E-state index in [4.69, 9.17) is 28.9 Å². The molecule has 2 aromatic carbocycles. The van der Waals surface area contributed by atoms with Crippen LogP contribution in [0.25, 0.3) is 0 Å². The fraction of sp³-hybridized carbons (Fsp3) is 0.200. The van der Waals surface area contributed by atoms with E-state index < -0.39 is 0 Å². The monoisotopic (exact) mass is 294 g/mol. The summed E-state index contributed by atoms with van der Waals surface area (Å²) in [4.78, 5) is 2.18. The molecule has 2 aromatic rings. The van der Waals surface area contributed by atoms with Crippen LogP contribution in [-0.2, 0) is 13.1 Å². The quantitative estimate of drug-likeness (QED) is 0.856. The number of hydrogen-bond acceptors (Lipinski definition) is 2. The van der Waals surface area contributed by atoms with Gasteiger partial charge in [0.05, 0.1) is 10.7 Å². The summed E-state index contributed by atoms with van der Waals surface area (Å²) in [5.74, 6) is 0. The zero-order valence-electron chi connectivity index (χ0n) is 10.7. The zero-order valence-corrected chi connectivity index (χ0v) is 12.2. The van der Waals surface area contributed by atoms with E-state index >= 15 is 0 Å². The highest BCUT2D eigenvalue weighted by molar-refractivity contribution is 6.33. The Hall–Kier alpha value is -1.22. The number of halogens is 2. The standard InChI is InChI=1S/C15H16Cl2N2/c1-19(10-12-4-2-3-5-13(12)16)9-11-6-7-15(18)14(17)8-11/h2-8H,9-10,18H2,1H3. The number of benzene rings is 2. The Bertz CT molecular complexity index is 570. The first-order valence-corrected chi connectivity index (χ1v) is 6.77. The summed E-state index contributed by atoms with van der Waals surface area (Å²) < 4.78 is 0. The summed E-state index contributed by atoms with van der Waals surface area (Å²) in [6, 6.07) is 13.6. The fourth-order valence-corrected chi connectivity index (χ4v) is 2.35. The molecular weight excluding hydrogens is 279 g/mol. The van der Waals surface area contributed by atoms with Crippen LogP contribution in [0.5, 0.6) is 0 Å². The van der Waals surface area contributed by atoms with E-state index in [-0.39, 0.29) is 0 Å². The van der Waals surface area contributed by atoms with Gasteiger partial charge in [0.25, 0.3) is 0 Å². The van der Waals surface area contributed by atoms with E-state index in [2.05, 4.69) is 4.90 Å². The van der Waals surface area contributed by atoms with Crippen LogP contribution in [0.2, 0.25) is 10.0 Å². The van der Waals surface area contributed by atoms with Crippen LogP contribution in [0.1, 0.15) is 11.1 Å². The molecule has 0 aliphatic rings. The average Bonchev–Trinajstić information content (AvgIpc) is 2.37. The van der Waals surface area contributed by atoms with Gasteiger partial charge in [-0.1, -0.05) is 47.5 Å². The van der Waals surface area contributed by atoms with Crippen LogP contribution in [0.3, 0.4) is 0 Å². The van der Waals surface area contributed by atoms with Crippen molar-refractivity contribution in [3.8, 4) is 0 Å². The van der Waals surface area contributed by atoms with Crippen LogP contribution in [-0.4, -0.2) is 11.9 Å². The van der Waals surface area contributed by atoms with Crippen molar-refractivity contribution in [1.82, 2.24) is 4.90 Å². The van der Waals surface area contributed by atoms with E-state index in [9.17, 15) is 0 Å². The van der Waals surface area contributed by atoms with E-state index in [0.717, 1.165) is 29.2 Å². The van der Waals surface area contributed by atoms with E-state index in [1.54, 1.807) is 0 Å². The second kappa shape index (κ2) is 6.29. The highest BCUT2D eigenvalue weighted by Gasteiger charge is 2.06. The largest absolute Gasteiger partial charge is 0.398 e. The Labute approximate surface area is 123 Å². The van der Waals surface area contributed by atoms with Crippen LogP contribution < -0.4 is 5.73 Å². The van der Waals surface area contributed by atoms with Gasteiger partial charge in [0.1, 0.15) is 0 Å². The molecule has 0 saturated carbocycles. The predicted molar refractivity (Wildman–Crippen MR) is 82.5 cm³/mol. The molecule has 0 aliphatic heterocycles. The molecule has 2 rings (SSSR count). The normalized spacial score (nSPS) is 10.9. The Kier molecular flexibility index (Phi) is 4.70. The summed E-state index contributed by atoms with van der Waals surface area (Å²) >= 11 is 12.2. The third-order valence-corrected chi connectivity index (χ3v) is 3.61. The molecule has 0 fully saturated rings. The molecule has 0 spiro atoms. The number of nitrogens with two attached hydrogens (primary N) is 1. The summed E-state index contributed by atoms with van der Waals surface area (Å²) in [5, 5.41) is 1.40. The lowest BCUT2D eigenvalue weighted by Gasteiger charge is -2.18. The summed E-state index contributed by atoms with van der Waals surface area (Å²) in [6.45, 7) is 1.59. The zero-order chi connectivity index (χ0) is 13.8.